The highest BCUT2D eigenvalue weighted by Crippen LogP contribution is 2.30. The van der Waals surface area contributed by atoms with E-state index < -0.39 is 0 Å². The van der Waals surface area contributed by atoms with Gasteiger partial charge in [0.15, 0.2) is 5.78 Å². The third kappa shape index (κ3) is 2.41. The third-order valence-electron chi connectivity index (χ3n) is 2.64. The quantitative estimate of drug-likeness (QED) is 0.663. The fourth-order valence-corrected chi connectivity index (χ4v) is 2.25. The molecule has 2 rings (SSSR count). The van der Waals surface area contributed by atoms with Crippen molar-refractivity contribution in [3.8, 4) is 0 Å². The molecule has 0 bridgehead atoms. The summed E-state index contributed by atoms with van der Waals surface area (Å²) in [5.74, 6) is -0.246. The SMILES string of the molecule is Cc1c(Cl)ccc(C(=O)C2=C(Cl)NC[C]=C2)c1Cl. The third-order valence-corrected chi connectivity index (χ3v) is 3.87. The van der Waals surface area contributed by atoms with Crippen molar-refractivity contribution in [2.24, 2.45) is 0 Å². The number of halogens is 3. The first-order valence-electron chi connectivity index (χ1n) is 5.22. The first-order chi connectivity index (χ1) is 8.52. The highest BCUT2D eigenvalue weighted by molar-refractivity contribution is 6.40. The number of Topliss-reactive ketones (excluding diaryl/α,β-unsaturated/α-hetero) is 1. The number of carbonyl (C=O) groups excluding carboxylic acids is 1. The molecule has 1 radical (unpaired) electrons. The summed E-state index contributed by atoms with van der Waals surface area (Å²) in [7, 11) is 0. The topological polar surface area (TPSA) is 29.1 Å². The number of hydrogen-bond acceptors (Lipinski definition) is 2. The van der Waals surface area contributed by atoms with Gasteiger partial charge in [0.05, 0.1) is 10.6 Å². The molecular formula is C13H9Cl3NO. The van der Waals surface area contributed by atoms with Crippen molar-refractivity contribution < 1.29 is 4.79 Å². The predicted octanol–water partition coefficient (Wildman–Crippen LogP) is 3.90. The van der Waals surface area contributed by atoms with Crippen molar-refractivity contribution in [2.45, 2.75) is 6.92 Å². The Hall–Kier alpha value is -0.960. The van der Waals surface area contributed by atoms with E-state index in [1.54, 1.807) is 25.1 Å². The number of benzene rings is 1. The van der Waals surface area contributed by atoms with E-state index >= 15 is 0 Å². The van der Waals surface area contributed by atoms with Gasteiger partial charge in [0.2, 0.25) is 0 Å². The molecule has 2 nitrogen and oxygen atoms in total. The monoisotopic (exact) mass is 300 g/mol. The number of carbonyl (C=O) groups is 1. The van der Waals surface area contributed by atoms with Crippen LogP contribution in [0.3, 0.4) is 0 Å². The zero-order valence-corrected chi connectivity index (χ0v) is 11.7. The van der Waals surface area contributed by atoms with Crippen LogP contribution in [0.5, 0.6) is 0 Å². The van der Waals surface area contributed by atoms with Gasteiger partial charge < -0.3 is 5.32 Å². The summed E-state index contributed by atoms with van der Waals surface area (Å²) in [6, 6.07) is 3.24. The first-order valence-corrected chi connectivity index (χ1v) is 6.35. The van der Waals surface area contributed by atoms with E-state index in [9.17, 15) is 4.79 Å². The molecule has 0 atom stereocenters. The number of rotatable bonds is 2. The molecule has 1 aromatic carbocycles. The fourth-order valence-electron chi connectivity index (χ4n) is 1.59. The normalized spacial score (nSPS) is 14.7. The standard InChI is InChI=1S/C13H9Cl3NO/c1-7-10(14)5-4-8(11(7)15)12(18)9-3-2-6-17-13(9)16/h3-5,17H,6H2,1H3. The van der Waals surface area contributed by atoms with Crippen LogP contribution in [-0.2, 0) is 0 Å². The van der Waals surface area contributed by atoms with Crippen LogP contribution < -0.4 is 5.32 Å². The molecule has 93 valence electrons. The zero-order valence-electron chi connectivity index (χ0n) is 9.48. The van der Waals surface area contributed by atoms with E-state index in [0.717, 1.165) is 0 Å². The van der Waals surface area contributed by atoms with Gasteiger partial charge in [-0.05, 0) is 36.8 Å². The Bertz CT molecular complexity index is 576. The summed E-state index contributed by atoms with van der Waals surface area (Å²) in [6.45, 7) is 2.25. The van der Waals surface area contributed by atoms with Crippen molar-refractivity contribution in [2.75, 3.05) is 6.54 Å². The van der Waals surface area contributed by atoms with Crippen LogP contribution in [0.4, 0.5) is 0 Å². The Labute approximate surface area is 120 Å². The first kappa shape index (κ1) is 13.5. The highest BCUT2D eigenvalue weighted by Gasteiger charge is 2.20. The molecule has 0 saturated heterocycles. The van der Waals surface area contributed by atoms with Crippen LogP contribution in [0.1, 0.15) is 15.9 Å². The number of allylic oxidation sites excluding steroid dienone is 2. The molecule has 0 spiro atoms. The Balaban J connectivity index is 2.47. The van der Waals surface area contributed by atoms with Crippen LogP contribution in [-0.4, -0.2) is 12.3 Å². The van der Waals surface area contributed by atoms with Crippen molar-refractivity contribution in [3.63, 3.8) is 0 Å². The van der Waals surface area contributed by atoms with Gasteiger partial charge in [-0.15, -0.1) is 0 Å². The lowest BCUT2D eigenvalue weighted by Crippen LogP contribution is -2.19. The van der Waals surface area contributed by atoms with E-state index in [1.165, 1.54) is 0 Å². The second-order valence-electron chi connectivity index (χ2n) is 3.79. The predicted molar refractivity (Wildman–Crippen MR) is 74.2 cm³/mol. The lowest BCUT2D eigenvalue weighted by Gasteiger charge is -2.13. The molecule has 1 aliphatic heterocycles. The smallest absolute Gasteiger partial charge is 0.197 e. The molecule has 1 N–H and O–H groups in total. The maximum Gasteiger partial charge on any atom is 0.197 e. The van der Waals surface area contributed by atoms with Gasteiger partial charge in [-0.25, -0.2) is 0 Å². The van der Waals surface area contributed by atoms with E-state index in [4.69, 9.17) is 34.8 Å². The molecule has 0 aliphatic carbocycles. The molecule has 5 heteroatoms. The van der Waals surface area contributed by atoms with Crippen molar-refractivity contribution in [1.82, 2.24) is 5.32 Å². The lowest BCUT2D eigenvalue weighted by atomic mass is 10.0. The van der Waals surface area contributed by atoms with Crippen LogP contribution in [0, 0.1) is 13.0 Å². The molecular weight excluding hydrogens is 293 g/mol. The summed E-state index contributed by atoms with van der Waals surface area (Å²) >= 11 is 18.0. The Morgan fingerprint density at radius 3 is 2.72 bits per heavy atom. The summed E-state index contributed by atoms with van der Waals surface area (Å²) in [5, 5.41) is 4.03. The Kier molecular flexibility index (Phi) is 4.00. The fraction of sp³-hybridized carbons (Fsp3) is 0.154. The zero-order chi connectivity index (χ0) is 13.3. The average Bonchev–Trinajstić information content (AvgIpc) is 2.36. The van der Waals surface area contributed by atoms with Crippen LogP contribution in [0.2, 0.25) is 10.0 Å². The van der Waals surface area contributed by atoms with Crippen molar-refractivity contribution in [3.05, 3.63) is 56.2 Å². The maximum absolute atomic E-state index is 12.3. The largest absolute Gasteiger partial charge is 0.371 e. The Morgan fingerprint density at radius 1 is 1.33 bits per heavy atom. The number of dihydropyridines is 1. The summed E-state index contributed by atoms with van der Waals surface area (Å²) < 4.78 is 0. The number of nitrogens with one attached hydrogen (secondary N) is 1. The molecule has 18 heavy (non-hydrogen) atoms. The van der Waals surface area contributed by atoms with Crippen molar-refractivity contribution in [1.29, 1.82) is 0 Å². The van der Waals surface area contributed by atoms with Crippen LogP contribution in [0.25, 0.3) is 0 Å². The van der Waals surface area contributed by atoms with Gasteiger partial charge in [0, 0.05) is 17.1 Å². The Morgan fingerprint density at radius 2 is 2.06 bits per heavy atom. The molecule has 0 fully saturated rings. The molecule has 1 heterocycles. The van der Waals surface area contributed by atoms with Gasteiger partial charge in [-0.2, -0.15) is 0 Å². The highest BCUT2D eigenvalue weighted by atomic mass is 35.5. The van der Waals surface area contributed by atoms with Gasteiger partial charge in [-0.3, -0.25) is 4.79 Å². The summed E-state index contributed by atoms with van der Waals surface area (Å²) in [6.07, 6.45) is 4.46. The molecule has 0 unspecified atom stereocenters. The van der Waals surface area contributed by atoms with E-state index in [0.29, 0.717) is 38.4 Å². The van der Waals surface area contributed by atoms with E-state index in [-0.39, 0.29) is 5.78 Å². The minimum Gasteiger partial charge on any atom is -0.371 e. The second kappa shape index (κ2) is 5.35. The summed E-state index contributed by atoms with van der Waals surface area (Å²) in [4.78, 5) is 12.3. The maximum atomic E-state index is 12.3. The van der Waals surface area contributed by atoms with Gasteiger partial charge in [0.25, 0.3) is 0 Å². The van der Waals surface area contributed by atoms with Crippen LogP contribution >= 0.6 is 34.8 Å². The second-order valence-corrected chi connectivity index (χ2v) is 4.96. The molecule has 0 saturated carbocycles. The minimum atomic E-state index is -0.246. The molecule has 0 aromatic heterocycles. The van der Waals surface area contributed by atoms with Gasteiger partial charge in [-0.1, -0.05) is 34.8 Å². The molecule has 1 aromatic rings. The summed E-state index contributed by atoms with van der Waals surface area (Å²) in [5.41, 5.74) is 1.41. The average molecular weight is 302 g/mol. The van der Waals surface area contributed by atoms with Crippen molar-refractivity contribution >= 4 is 40.6 Å². The van der Waals surface area contributed by atoms with Crippen LogP contribution in [0.15, 0.2) is 28.9 Å². The molecule has 0 amide bonds. The van der Waals surface area contributed by atoms with Gasteiger partial charge in [0.1, 0.15) is 5.16 Å². The van der Waals surface area contributed by atoms with E-state index in [2.05, 4.69) is 11.4 Å². The number of hydrogen-bond donors (Lipinski definition) is 1. The van der Waals surface area contributed by atoms with Gasteiger partial charge >= 0.3 is 0 Å². The molecule has 1 aliphatic rings. The number of ketones is 1. The minimum absolute atomic E-state index is 0.246. The van der Waals surface area contributed by atoms with E-state index in [1.807, 2.05) is 0 Å². The lowest BCUT2D eigenvalue weighted by molar-refractivity contribution is 0.103.